The second-order valence-corrected chi connectivity index (χ2v) is 6.87. The molecule has 0 aliphatic carbocycles. The maximum atomic E-state index is 5.52. The zero-order valence-electron chi connectivity index (χ0n) is 15.3. The summed E-state index contributed by atoms with van der Waals surface area (Å²) in [4.78, 5) is 13.4. The molecule has 9 nitrogen and oxygen atoms in total. The number of hydrogen-bond acceptors (Lipinski definition) is 7. The molecule has 138 valence electrons. The van der Waals surface area contributed by atoms with Crippen LogP contribution >= 0.6 is 0 Å². The molecule has 5 rings (SSSR count). The van der Waals surface area contributed by atoms with Crippen molar-refractivity contribution in [3.8, 4) is 0 Å². The Morgan fingerprint density at radius 3 is 3.00 bits per heavy atom. The molecular formula is C18H20N8O. The summed E-state index contributed by atoms with van der Waals surface area (Å²) < 4.78 is 9.19. The number of aryl methyl sites for hydroxylation is 3. The highest BCUT2D eigenvalue weighted by molar-refractivity contribution is 5.78. The van der Waals surface area contributed by atoms with Gasteiger partial charge < -0.3 is 10.1 Å². The molecule has 4 aromatic heterocycles. The number of ether oxygens (including phenoxy) is 1. The molecule has 0 bridgehead atoms. The van der Waals surface area contributed by atoms with Crippen molar-refractivity contribution >= 4 is 28.3 Å². The van der Waals surface area contributed by atoms with Crippen molar-refractivity contribution in [3.63, 3.8) is 0 Å². The number of anilines is 2. The van der Waals surface area contributed by atoms with E-state index in [4.69, 9.17) is 9.72 Å². The van der Waals surface area contributed by atoms with E-state index in [2.05, 4.69) is 25.5 Å². The molecule has 0 saturated carbocycles. The summed E-state index contributed by atoms with van der Waals surface area (Å²) >= 11 is 0. The second kappa shape index (κ2) is 6.27. The van der Waals surface area contributed by atoms with Gasteiger partial charge in [0.2, 0.25) is 5.95 Å². The van der Waals surface area contributed by atoms with Crippen LogP contribution in [0.3, 0.4) is 0 Å². The minimum Gasteiger partial charge on any atom is -0.378 e. The van der Waals surface area contributed by atoms with Crippen LogP contribution in [0.4, 0.5) is 11.6 Å². The quantitative estimate of drug-likeness (QED) is 0.581. The lowest BCUT2D eigenvalue weighted by molar-refractivity contribution is -0.0567. The van der Waals surface area contributed by atoms with Crippen LogP contribution in [0, 0.1) is 13.8 Å². The van der Waals surface area contributed by atoms with Gasteiger partial charge in [0.1, 0.15) is 6.33 Å². The Hall–Kier alpha value is -3.07. The van der Waals surface area contributed by atoms with Gasteiger partial charge in [-0.05, 0) is 38.3 Å². The lowest BCUT2D eigenvalue weighted by atomic mass is 10.1. The van der Waals surface area contributed by atoms with Crippen molar-refractivity contribution in [2.45, 2.75) is 39.3 Å². The lowest BCUT2D eigenvalue weighted by Crippen LogP contribution is -2.28. The number of pyridine rings is 1. The topological polar surface area (TPSA) is 95.1 Å². The van der Waals surface area contributed by atoms with Crippen molar-refractivity contribution in [2.75, 3.05) is 11.9 Å². The predicted molar refractivity (Wildman–Crippen MR) is 100 cm³/mol. The van der Waals surface area contributed by atoms with E-state index in [1.165, 1.54) is 6.33 Å². The first-order valence-corrected chi connectivity index (χ1v) is 9.06. The van der Waals surface area contributed by atoms with Crippen molar-refractivity contribution in [1.82, 2.24) is 34.3 Å². The fourth-order valence-electron chi connectivity index (χ4n) is 3.31. The molecule has 0 aromatic carbocycles. The number of nitrogens with zero attached hydrogens (tertiary/aromatic N) is 7. The molecule has 1 aliphatic rings. The van der Waals surface area contributed by atoms with Crippen LogP contribution in [0.1, 0.15) is 24.1 Å². The van der Waals surface area contributed by atoms with E-state index >= 15 is 0 Å². The highest BCUT2D eigenvalue weighted by Crippen LogP contribution is 2.23. The van der Waals surface area contributed by atoms with Crippen LogP contribution in [0.25, 0.3) is 16.7 Å². The van der Waals surface area contributed by atoms with Gasteiger partial charge in [0.05, 0.1) is 29.1 Å². The average molecular weight is 364 g/mol. The van der Waals surface area contributed by atoms with Crippen LogP contribution in [0.2, 0.25) is 0 Å². The van der Waals surface area contributed by atoms with Crippen LogP contribution in [-0.4, -0.2) is 47.1 Å². The zero-order valence-corrected chi connectivity index (χ0v) is 15.3. The molecule has 1 aliphatic heterocycles. The predicted octanol–water partition coefficient (Wildman–Crippen LogP) is 2.41. The molecule has 1 fully saturated rings. The van der Waals surface area contributed by atoms with Gasteiger partial charge in [0.25, 0.3) is 0 Å². The van der Waals surface area contributed by atoms with Crippen LogP contribution in [-0.2, 0) is 11.3 Å². The van der Waals surface area contributed by atoms with E-state index < -0.39 is 0 Å². The highest BCUT2D eigenvalue weighted by atomic mass is 16.5. The van der Waals surface area contributed by atoms with Gasteiger partial charge in [-0.1, -0.05) is 0 Å². The first-order chi connectivity index (χ1) is 13.2. The Labute approximate surface area is 155 Å². The largest absolute Gasteiger partial charge is 0.378 e. The van der Waals surface area contributed by atoms with Gasteiger partial charge in [-0.15, -0.1) is 0 Å². The molecular weight excluding hydrogens is 344 g/mol. The van der Waals surface area contributed by atoms with Crippen molar-refractivity contribution < 1.29 is 4.74 Å². The zero-order chi connectivity index (χ0) is 18.4. The van der Waals surface area contributed by atoms with E-state index in [1.54, 1.807) is 4.52 Å². The summed E-state index contributed by atoms with van der Waals surface area (Å²) in [6.45, 7) is 5.66. The van der Waals surface area contributed by atoms with E-state index in [9.17, 15) is 0 Å². The summed E-state index contributed by atoms with van der Waals surface area (Å²) in [5.41, 5.74) is 4.51. The maximum absolute atomic E-state index is 5.52. The molecule has 5 heterocycles. The minimum atomic E-state index is 0.348. The summed E-state index contributed by atoms with van der Waals surface area (Å²) in [6, 6.07) is 1.97. The van der Waals surface area contributed by atoms with Gasteiger partial charge in [0.15, 0.2) is 11.3 Å². The van der Waals surface area contributed by atoms with Gasteiger partial charge >= 0.3 is 0 Å². The molecule has 1 atom stereocenters. The maximum Gasteiger partial charge on any atom is 0.229 e. The van der Waals surface area contributed by atoms with Crippen molar-refractivity contribution in [2.24, 2.45) is 0 Å². The molecule has 4 aromatic rings. The summed E-state index contributed by atoms with van der Waals surface area (Å²) in [5, 5.41) is 13.1. The van der Waals surface area contributed by atoms with E-state index in [0.717, 1.165) is 59.6 Å². The van der Waals surface area contributed by atoms with Crippen LogP contribution < -0.4 is 5.32 Å². The number of rotatable bonds is 5. The van der Waals surface area contributed by atoms with Gasteiger partial charge in [-0.3, -0.25) is 0 Å². The van der Waals surface area contributed by atoms with E-state index in [0.29, 0.717) is 12.1 Å². The minimum absolute atomic E-state index is 0.348. The fourth-order valence-corrected chi connectivity index (χ4v) is 3.31. The number of aromatic nitrogens is 7. The summed E-state index contributed by atoms with van der Waals surface area (Å²) in [7, 11) is 0. The Bertz CT molecular complexity index is 1130. The molecule has 1 N–H and O–H groups in total. The number of hydrogen-bond donors (Lipinski definition) is 1. The fraction of sp³-hybridized carbons (Fsp3) is 0.389. The van der Waals surface area contributed by atoms with Crippen LogP contribution in [0.5, 0.6) is 0 Å². The highest BCUT2D eigenvalue weighted by Gasteiger charge is 2.19. The molecule has 1 unspecified atom stereocenters. The SMILES string of the molecule is Cc1cc2ncnn2cc1Nc1ncc2c(C)nn(CCC3CCO3)c2n1. The standard InChI is InChI=1S/C18H20N8O/c1-11-7-16-20-10-21-26(16)9-15(11)22-18-19-8-14-12(2)24-25(17(14)23-18)5-3-13-4-6-27-13/h7-10,13H,3-6H2,1-2H3,(H,19,22,23). The molecule has 0 spiro atoms. The van der Waals surface area contributed by atoms with E-state index in [-0.39, 0.29) is 0 Å². The third-order valence-corrected chi connectivity index (χ3v) is 5.00. The number of fused-ring (bicyclic) bond motifs is 2. The first-order valence-electron chi connectivity index (χ1n) is 9.06. The first kappa shape index (κ1) is 16.1. The Kier molecular flexibility index (Phi) is 3.75. The second-order valence-electron chi connectivity index (χ2n) is 6.87. The Morgan fingerprint density at radius 2 is 2.19 bits per heavy atom. The van der Waals surface area contributed by atoms with Crippen molar-refractivity contribution in [1.29, 1.82) is 0 Å². The summed E-state index contributed by atoms with van der Waals surface area (Å²) in [5.74, 6) is 0.533. The molecule has 9 heteroatoms. The smallest absolute Gasteiger partial charge is 0.229 e. The van der Waals surface area contributed by atoms with Gasteiger partial charge in [-0.2, -0.15) is 15.2 Å². The average Bonchev–Trinajstić information content (AvgIpc) is 3.18. The Morgan fingerprint density at radius 1 is 1.30 bits per heavy atom. The van der Waals surface area contributed by atoms with Gasteiger partial charge in [0, 0.05) is 19.3 Å². The normalized spacial score (nSPS) is 16.7. The third kappa shape index (κ3) is 2.89. The lowest BCUT2D eigenvalue weighted by Gasteiger charge is -2.26. The molecule has 0 radical (unpaired) electrons. The van der Waals surface area contributed by atoms with Crippen molar-refractivity contribution in [3.05, 3.63) is 36.0 Å². The van der Waals surface area contributed by atoms with Gasteiger partial charge in [-0.25, -0.2) is 19.2 Å². The summed E-state index contributed by atoms with van der Waals surface area (Å²) in [6.07, 6.45) is 7.68. The molecule has 27 heavy (non-hydrogen) atoms. The molecule has 1 saturated heterocycles. The third-order valence-electron chi connectivity index (χ3n) is 5.00. The molecule has 0 amide bonds. The number of nitrogens with one attached hydrogen (secondary N) is 1. The van der Waals surface area contributed by atoms with E-state index in [1.807, 2.05) is 37.0 Å². The Balaban J connectivity index is 1.46. The van der Waals surface area contributed by atoms with Crippen LogP contribution in [0.15, 0.2) is 24.8 Å². The monoisotopic (exact) mass is 364 g/mol.